The van der Waals surface area contributed by atoms with Crippen molar-refractivity contribution >= 4 is 23.5 Å². The molecule has 48 heavy (non-hydrogen) atoms. The number of rotatable bonds is 7. The number of likely N-dealkylation sites (N-methyl/N-ethyl adjacent to an activating group) is 2. The molecule has 4 heterocycles. The first-order valence-corrected chi connectivity index (χ1v) is 17.4. The van der Waals surface area contributed by atoms with Crippen molar-refractivity contribution in [3.05, 3.63) is 12.7 Å². The summed E-state index contributed by atoms with van der Waals surface area (Å²) in [7, 11) is 5.55. The zero-order valence-corrected chi connectivity index (χ0v) is 30.7. The molecule has 12 nitrogen and oxygen atoms in total. The van der Waals surface area contributed by atoms with Crippen molar-refractivity contribution in [1.82, 2.24) is 9.80 Å². The Morgan fingerprint density at radius 2 is 1.73 bits per heavy atom. The number of ether oxygens (including phenoxy) is 5. The maximum atomic E-state index is 14.8. The molecule has 4 saturated heterocycles. The molecular formula is C36H58N2O10. The Morgan fingerprint density at radius 1 is 1.08 bits per heavy atom. The van der Waals surface area contributed by atoms with Gasteiger partial charge in [0, 0.05) is 35.8 Å². The third-order valence-electron chi connectivity index (χ3n) is 11.6. The van der Waals surface area contributed by atoms with Crippen molar-refractivity contribution in [2.45, 2.75) is 129 Å². The molecule has 0 aliphatic carbocycles. The molecule has 14 atom stereocenters. The van der Waals surface area contributed by atoms with Gasteiger partial charge in [0.2, 0.25) is 0 Å². The molecule has 0 saturated carbocycles. The summed E-state index contributed by atoms with van der Waals surface area (Å²) in [5, 5.41) is 11.4. The van der Waals surface area contributed by atoms with E-state index in [4.69, 9.17) is 23.7 Å². The second-order valence-electron chi connectivity index (χ2n) is 15.6. The lowest BCUT2D eigenvalue weighted by molar-refractivity contribution is -0.296. The minimum absolute atomic E-state index is 0.0872. The highest BCUT2D eigenvalue weighted by molar-refractivity contribution is 6.00. The van der Waals surface area contributed by atoms with E-state index in [9.17, 15) is 24.3 Å². The lowest BCUT2D eigenvalue weighted by atomic mass is 9.62. The highest BCUT2D eigenvalue weighted by Crippen LogP contribution is 2.55. The number of aliphatic hydroxyl groups is 1. The minimum atomic E-state index is -1.30. The first-order valence-electron chi connectivity index (χ1n) is 17.4. The van der Waals surface area contributed by atoms with Crippen LogP contribution < -0.4 is 0 Å². The van der Waals surface area contributed by atoms with E-state index in [1.165, 1.54) is 6.92 Å². The third-order valence-corrected chi connectivity index (χ3v) is 11.6. The number of hydrogen-bond donors (Lipinski definition) is 1. The monoisotopic (exact) mass is 678 g/mol. The normalized spacial score (nSPS) is 46.2. The molecule has 1 N–H and O–H groups in total. The van der Waals surface area contributed by atoms with Gasteiger partial charge in [-0.05, 0) is 68.1 Å². The van der Waals surface area contributed by atoms with Gasteiger partial charge in [0.15, 0.2) is 17.7 Å². The summed E-state index contributed by atoms with van der Waals surface area (Å²) in [6.07, 6.45) is -1.78. The van der Waals surface area contributed by atoms with Crippen LogP contribution in [0.3, 0.4) is 0 Å². The molecule has 4 rings (SSSR count). The fourth-order valence-electron chi connectivity index (χ4n) is 9.29. The Balaban J connectivity index is 1.86. The number of nitrogens with zero attached hydrogens (tertiary/aromatic N) is 2. The average molecular weight is 679 g/mol. The summed E-state index contributed by atoms with van der Waals surface area (Å²) in [5.74, 6) is -5.18. The second kappa shape index (κ2) is 14.2. The Labute approximate surface area is 285 Å². The number of esters is 2. The van der Waals surface area contributed by atoms with Gasteiger partial charge >= 0.3 is 11.9 Å². The van der Waals surface area contributed by atoms with Gasteiger partial charge in [0.1, 0.15) is 30.0 Å². The van der Waals surface area contributed by atoms with Crippen molar-refractivity contribution in [2.24, 2.45) is 29.1 Å². The minimum Gasteiger partial charge on any atom is -0.458 e. The fourth-order valence-corrected chi connectivity index (χ4v) is 9.29. The van der Waals surface area contributed by atoms with Gasteiger partial charge in [-0.3, -0.25) is 24.1 Å². The fraction of sp³-hybridized carbons (Fsp3) is 0.833. The summed E-state index contributed by atoms with van der Waals surface area (Å²) >= 11 is 0. The number of cyclic esters (lactones) is 1. The molecule has 272 valence electrons. The van der Waals surface area contributed by atoms with Crippen LogP contribution >= 0.6 is 0 Å². The van der Waals surface area contributed by atoms with Crippen molar-refractivity contribution < 1.29 is 48.0 Å². The van der Waals surface area contributed by atoms with Gasteiger partial charge in [-0.2, -0.15) is 0 Å². The zero-order valence-electron chi connectivity index (χ0n) is 30.7. The maximum absolute atomic E-state index is 14.8. The third kappa shape index (κ3) is 6.65. The molecule has 0 radical (unpaired) electrons. The predicted octanol–water partition coefficient (Wildman–Crippen LogP) is 2.78. The van der Waals surface area contributed by atoms with Gasteiger partial charge in [-0.1, -0.05) is 33.8 Å². The Morgan fingerprint density at radius 3 is 2.31 bits per heavy atom. The number of carbonyl (C=O) groups excluding carboxylic acids is 4. The summed E-state index contributed by atoms with van der Waals surface area (Å²) in [6.45, 7) is 18.3. The van der Waals surface area contributed by atoms with Crippen LogP contribution in [0.15, 0.2) is 12.7 Å². The topological polar surface area (TPSA) is 141 Å². The van der Waals surface area contributed by atoms with Gasteiger partial charge < -0.3 is 33.7 Å². The Kier molecular flexibility index (Phi) is 11.4. The summed E-state index contributed by atoms with van der Waals surface area (Å²) in [5.41, 5.74) is -3.65. The number of ketones is 2. The van der Waals surface area contributed by atoms with Gasteiger partial charge in [-0.15, -0.1) is 6.58 Å². The predicted molar refractivity (Wildman–Crippen MR) is 177 cm³/mol. The SMILES string of the molecule is C=CCO[C@@]1(C)C[C@@H](C)C(=O)C2(C)CN(C)C3C(=O)O[C@@](C)(C32)[C@H](CC)OC(=O)[C@H](C)C(=O)[C@H](C)[C@H]1O[C@@H]1O[C@H](C)C[C@H](N(C)C)[C@H]1O. The van der Waals surface area contributed by atoms with Crippen LogP contribution in [-0.2, 0) is 42.9 Å². The van der Waals surface area contributed by atoms with Crippen LogP contribution in [0.4, 0.5) is 0 Å². The van der Waals surface area contributed by atoms with Gasteiger partial charge in [0.05, 0.1) is 24.4 Å². The van der Waals surface area contributed by atoms with E-state index < -0.39 is 88.7 Å². The van der Waals surface area contributed by atoms with E-state index in [1.54, 1.807) is 33.9 Å². The molecule has 4 aliphatic rings. The van der Waals surface area contributed by atoms with Gasteiger partial charge in [0.25, 0.3) is 0 Å². The number of Topliss-reactive ketones (excluding diaryl/α,β-unsaturated/α-hetero) is 2. The van der Waals surface area contributed by atoms with Crippen LogP contribution in [0, 0.1) is 29.1 Å². The average Bonchev–Trinajstić information content (AvgIpc) is 3.47. The first kappa shape index (κ1) is 38.6. The molecule has 4 aliphatic heterocycles. The quantitative estimate of drug-likeness (QED) is 0.241. The standard InChI is InChI=1S/C36H58N2O10/c1-13-15-44-35(8)17-19(3)29(41)34(7)18-38(12)25-28(34)36(9,48-32(25)43)24(14-2)46-31(42)22(6)26(39)21(5)30(35)47-33-27(40)23(37(10)11)16-20(4)45-33/h13,19-25,27-28,30,33,40H,1,14-18H2,2-12H3/t19-,20-,21+,22-,23+,24+,25?,27-,28?,30-,33+,34?,35+,36-/m1/s1. The Hall–Kier alpha value is -2.22. The van der Waals surface area contributed by atoms with Crippen LogP contribution in [-0.4, -0.2) is 127 Å². The van der Waals surface area contributed by atoms with E-state index in [1.807, 2.05) is 51.6 Å². The molecular weight excluding hydrogens is 620 g/mol. The summed E-state index contributed by atoms with van der Waals surface area (Å²) in [4.78, 5) is 60.0. The van der Waals surface area contributed by atoms with Crippen molar-refractivity contribution in [3.8, 4) is 0 Å². The lowest BCUT2D eigenvalue weighted by Crippen LogP contribution is -2.60. The Bertz CT molecular complexity index is 1260. The molecule has 0 aromatic carbocycles. The number of likely N-dealkylation sites (tertiary alicyclic amines) is 1. The van der Waals surface area contributed by atoms with E-state index in [-0.39, 0.29) is 31.0 Å². The molecule has 0 aromatic heterocycles. The second-order valence-corrected chi connectivity index (χ2v) is 15.6. The molecule has 12 heteroatoms. The van der Waals surface area contributed by atoms with Crippen molar-refractivity contribution in [2.75, 3.05) is 34.3 Å². The molecule has 0 bridgehead atoms. The number of aliphatic hydroxyl groups excluding tert-OH is 1. The van der Waals surface area contributed by atoms with Crippen LogP contribution in [0.2, 0.25) is 0 Å². The van der Waals surface area contributed by atoms with E-state index >= 15 is 0 Å². The van der Waals surface area contributed by atoms with E-state index in [0.717, 1.165) is 0 Å². The summed E-state index contributed by atoms with van der Waals surface area (Å²) in [6, 6.07) is -0.978. The highest BCUT2D eigenvalue weighted by Gasteiger charge is 2.70. The number of hydrogen-bond acceptors (Lipinski definition) is 12. The van der Waals surface area contributed by atoms with Crippen LogP contribution in [0.5, 0.6) is 0 Å². The van der Waals surface area contributed by atoms with Crippen LogP contribution in [0.1, 0.15) is 74.7 Å². The lowest BCUT2D eigenvalue weighted by Gasteiger charge is -2.48. The zero-order chi connectivity index (χ0) is 36.1. The first-order chi connectivity index (χ1) is 22.3. The maximum Gasteiger partial charge on any atom is 0.324 e. The largest absolute Gasteiger partial charge is 0.458 e. The molecule has 3 unspecified atom stereocenters. The van der Waals surface area contributed by atoms with E-state index in [0.29, 0.717) is 19.4 Å². The molecule has 4 fully saturated rings. The molecule has 0 aromatic rings. The van der Waals surface area contributed by atoms with Crippen molar-refractivity contribution in [1.29, 1.82) is 0 Å². The van der Waals surface area contributed by atoms with E-state index in [2.05, 4.69) is 6.58 Å². The highest BCUT2D eigenvalue weighted by atomic mass is 16.7. The number of carbonyl (C=O) groups is 4. The molecule has 0 amide bonds. The van der Waals surface area contributed by atoms with Crippen molar-refractivity contribution in [3.63, 3.8) is 0 Å². The molecule has 0 spiro atoms. The summed E-state index contributed by atoms with van der Waals surface area (Å²) < 4.78 is 31.4. The van der Waals surface area contributed by atoms with Gasteiger partial charge in [-0.25, -0.2) is 0 Å². The van der Waals surface area contributed by atoms with Crippen LogP contribution in [0.25, 0.3) is 0 Å². The smallest absolute Gasteiger partial charge is 0.324 e.